The highest BCUT2D eigenvalue weighted by atomic mass is 32.2. The Hall–Kier alpha value is -1.99. The van der Waals surface area contributed by atoms with E-state index >= 15 is 0 Å². The van der Waals surface area contributed by atoms with Crippen LogP contribution in [0.4, 0.5) is 11.4 Å². The SMILES string of the molecule is CNS(=O)(=O)c1ccc(N)c(N(C)Cc2ccc(C)o2)c1. The van der Waals surface area contributed by atoms with Crippen LogP contribution in [0.3, 0.4) is 0 Å². The Bertz CT molecular complexity index is 738. The number of nitrogens with one attached hydrogen (secondary N) is 1. The lowest BCUT2D eigenvalue weighted by molar-refractivity contribution is 0.482. The molecule has 6 nitrogen and oxygen atoms in total. The molecule has 0 radical (unpaired) electrons. The first kappa shape index (κ1) is 15.4. The summed E-state index contributed by atoms with van der Waals surface area (Å²) in [6.45, 7) is 2.37. The number of nitrogens with two attached hydrogens (primary N) is 1. The summed E-state index contributed by atoms with van der Waals surface area (Å²) in [5, 5.41) is 0. The molecule has 0 saturated carbocycles. The first-order chi connectivity index (χ1) is 9.83. The molecule has 0 fully saturated rings. The normalized spacial score (nSPS) is 11.6. The average molecular weight is 309 g/mol. The number of hydrogen-bond donors (Lipinski definition) is 2. The van der Waals surface area contributed by atoms with Crippen LogP contribution in [-0.4, -0.2) is 22.5 Å². The lowest BCUT2D eigenvalue weighted by atomic mass is 10.2. The maximum Gasteiger partial charge on any atom is 0.240 e. The summed E-state index contributed by atoms with van der Waals surface area (Å²) in [4.78, 5) is 2.03. The molecular formula is C14H19N3O3S. The molecular weight excluding hydrogens is 290 g/mol. The summed E-state index contributed by atoms with van der Waals surface area (Å²) < 4.78 is 31.5. The number of nitrogens with zero attached hydrogens (tertiary/aromatic N) is 1. The second-order valence-electron chi connectivity index (χ2n) is 4.80. The van der Waals surface area contributed by atoms with Gasteiger partial charge in [-0.1, -0.05) is 0 Å². The maximum absolute atomic E-state index is 11.9. The summed E-state index contributed by atoms with van der Waals surface area (Å²) >= 11 is 0. The Morgan fingerprint density at radius 1 is 1.29 bits per heavy atom. The number of furan rings is 1. The largest absolute Gasteiger partial charge is 0.464 e. The van der Waals surface area contributed by atoms with Gasteiger partial charge in [-0.05, 0) is 44.3 Å². The van der Waals surface area contributed by atoms with E-state index in [1.807, 2.05) is 31.0 Å². The van der Waals surface area contributed by atoms with Crippen molar-refractivity contribution in [2.24, 2.45) is 0 Å². The summed E-state index contributed by atoms with van der Waals surface area (Å²) in [7, 11) is -0.287. The molecule has 0 spiro atoms. The fourth-order valence-electron chi connectivity index (χ4n) is 2.03. The van der Waals surface area contributed by atoms with Gasteiger partial charge >= 0.3 is 0 Å². The Morgan fingerprint density at radius 3 is 2.57 bits per heavy atom. The van der Waals surface area contributed by atoms with Crippen LogP contribution in [0.5, 0.6) is 0 Å². The number of benzene rings is 1. The van der Waals surface area contributed by atoms with Crippen LogP contribution in [-0.2, 0) is 16.6 Å². The number of nitrogen functional groups attached to an aromatic ring is 1. The van der Waals surface area contributed by atoms with Gasteiger partial charge in [0.2, 0.25) is 10.0 Å². The summed E-state index contributed by atoms with van der Waals surface area (Å²) in [5.41, 5.74) is 7.10. The zero-order valence-corrected chi connectivity index (χ0v) is 13.1. The van der Waals surface area contributed by atoms with Gasteiger partial charge in [0.15, 0.2) is 0 Å². The van der Waals surface area contributed by atoms with Gasteiger partial charge < -0.3 is 15.1 Å². The van der Waals surface area contributed by atoms with E-state index in [-0.39, 0.29) is 4.90 Å². The predicted molar refractivity (Wildman–Crippen MR) is 82.7 cm³/mol. The number of anilines is 2. The molecule has 3 N–H and O–H groups in total. The molecule has 0 aliphatic heterocycles. The van der Waals surface area contributed by atoms with E-state index in [1.54, 1.807) is 12.1 Å². The molecule has 1 aromatic carbocycles. The fourth-order valence-corrected chi connectivity index (χ4v) is 2.78. The minimum atomic E-state index is -3.50. The molecule has 0 amide bonds. The van der Waals surface area contributed by atoms with Crippen molar-refractivity contribution < 1.29 is 12.8 Å². The van der Waals surface area contributed by atoms with Gasteiger partial charge in [0.25, 0.3) is 0 Å². The van der Waals surface area contributed by atoms with Crippen LogP contribution >= 0.6 is 0 Å². The molecule has 2 aromatic rings. The Morgan fingerprint density at radius 2 is 2.00 bits per heavy atom. The second kappa shape index (κ2) is 5.79. The highest BCUT2D eigenvalue weighted by molar-refractivity contribution is 7.89. The first-order valence-corrected chi connectivity index (χ1v) is 7.91. The standard InChI is InChI=1S/C14H19N3O3S/c1-10-4-5-11(20-10)9-17(3)14-8-12(6-7-13(14)15)21(18,19)16-2/h4-8,16H,9,15H2,1-3H3. The number of sulfonamides is 1. The molecule has 0 atom stereocenters. The monoisotopic (exact) mass is 309 g/mol. The lowest BCUT2D eigenvalue weighted by Gasteiger charge is -2.20. The number of rotatable bonds is 5. The van der Waals surface area contributed by atoms with E-state index in [1.165, 1.54) is 13.1 Å². The minimum absolute atomic E-state index is 0.177. The van der Waals surface area contributed by atoms with E-state index < -0.39 is 10.0 Å². The summed E-state index contributed by atoms with van der Waals surface area (Å²) in [6, 6.07) is 8.39. The molecule has 0 unspecified atom stereocenters. The Balaban J connectivity index is 2.32. The van der Waals surface area contributed by atoms with Gasteiger partial charge in [0.1, 0.15) is 11.5 Å². The van der Waals surface area contributed by atoms with Crippen molar-refractivity contribution >= 4 is 21.4 Å². The van der Waals surface area contributed by atoms with E-state index in [0.29, 0.717) is 17.9 Å². The first-order valence-electron chi connectivity index (χ1n) is 6.43. The number of aryl methyl sites for hydroxylation is 1. The van der Waals surface area contributed by atoms with Crippen molar-refractivity contribution in [3.63, 3.8) is 0 Å². The smallest absolute Gasteiger partial charge is 0.240 e. The van der Waals surface area contributed by atoms with Crippen molar-refractivity contribution in [2.75, 3.05) is 24.7 Å². The second-order valence-corrected chi connectivity index (χ2v) is 6.68. The van der Waals surface area contributed by atoms with Crippen LogP contribution in [0.25, 0.3) is 0 Å². The topological polar surface area (TPSA) is 88.6 Å². The van der Waals surface area contributed by atoms with Gasteiger partial charge in [-0.15, -0.1) is 0 Å². The van der Waals surface area contributed by atoms with Crippen molar-refractivity contribution in [3.05, 3.63) is 41.9 Å². The summed E-state index contributed by atoms with van der Waals surface area (Å²) in [6.07, 6.45) is 0. The molecule has 0 saturated heterocycles. The van der Waals surface area contributed by atoms with Crippen molar-refractivity contribution in [3.8, 4) is 0 Å². The van der Waals surface area contributed by atoms with Crippen molar-refractivity contribution in [1.29, 1.82) is 0 Å². The lowest BCUT2D eigenvalue weighted by Crippen LogP contribution is -2.21. The Labute approximate surface area is 124 Å². The predicted octanol–water partition coefficient (Wildman–Crippen LogP) is 1.71. The fraction of sp³-hybridized carbons (Fsp3) is 0.286. The molecule has 2 rings (SSSR count). The molecule has 0 aliphatic rings. The van der Waals surface area contributed by atoms with Gasteiger partial charge in [0.05, 0.1) is 22.8 Å². The van der Waals surface area contributed by atoms with Gasteiger partial charge in [-0.25, -0.2) is 13.1 Å². The maximum atomic E-state index is 11.9. The quantitative estimate of drug-likeness (QED) is 0.821. The van der Waals surface area contributed by atoms with E-state index in [9.17, 15) is 8.42 Å². The van der Waals surface area contributed by atoms with E-state index in [0.717, 1.165) is 11.5 Å². The van der Waals surface area contributed by atoms with Gasteiger partial charge in [-0.3, -0.25) is 0 Å². The number of hydrogen-bond acceptors (Lipinski definition) is 5. The van der Waals surface area contributed by atoms with Gasteiger partial charge in [-0.2, -0.15) is 0 Å². The molecule has 1 heterocycles. The molecule has 0 aliphatic carbocycles. The highest BCUT2D eigenvalue weighted by Gasteiger charge is 2.15. The van der Waals surface area contributed by atoms with Crippen LogP contribution < -0.4 is 15.4 Å². The van der Waals surface area contributed by atoms with Crippen LogP contribution in [0.15, 0.2) is 39.6 Å². The van der Waals surface area contributed by atoms with Crippen LogP contribution in [0.1, 0.15) is 11.5 Å². The molecule has 21 heavy (non-hydrogen) atoms. The van der Waals surface area contributed by atoms with Crippen LogP contribution in [0.2, 0.25) is 0 Å². The zero-order chi connectivity index (χ0) is 15.6. The molecule has 114 valence electrons. The van der Waals surface area contributed by atoms with Crippen LogP contribution in [0, 0.1) is 6.92 Å². The summed E-state index contributed by atoms with van der Waals surface area (Å²) in [5.74, 6) is 1.62. The third kappa shape index (κ3) is 3.37. The van der Waals surface area contributed by atoms with Crippen molar-refractivity contribution in [1.82, 2.24) is 4.72 Å². The van der Waals surface area contributed by atoms with Crippen molar-refractivity contribution in [2.45, 2.75) is 18.4 Å². The zero-order valence-electron chi connectivity index (χ0n) is 12.3. The molecule has 7 heteroatoms. The molecule has 1 aromatic heterocycles. The van der Waals surface area contributed by atoms with Gasteiger partial charge in [0, 0.05) is 7.05 Å². The Kier molecular flexibility index (Phi) is 4.24. The third-order valence-electron chi connectivity index (χ3n) is 3.18. The average Bonchev–Trinajstić information content (AvgIpc) is 2.84. The van der Waals surface area contributed by atoms with E-state index in [4.69, 9.17) is 10.2 Å². The third-order valence-corrected chi connectivity index (χ3v) is 4.59. The minimum Gasteiger partial charge on any atom is -0.464 e. The van der Waals surface area contributed by atoms with E-state index in [2.05, 4.69) is 4.72 Å². The molecule has 0 bridgehead atoms. The highest BCUT2D eigenvalue weighted by Crippen LogP contribution is 2.27.